The van der Waals surface area contributed by atoms with Gasteiger partial charge in [-0.05, 0) is 44.0 Å². The molecule has 3 aromatic rings. The summed E-state index contributed by atoms with van der Waals surface area (Å²) in [6.07, 6.45) is 5.34. The third-order valence-corrected chi connectivity index (χ3v) is 5.69. The molecule has 4 rings (SSSR count). The van der Waals surface area contributed by atoms with Crippen LogP contribution in [-0.2, 0) is 4.79 Å². The molecule has 5 nitrogen and oxygen atoms in total. The second-order valence-electron chi connectivity index (χ2n) is 6.93. The lowest BCUT2D eigenvalue weighted by Crippen LogP contribution is -2.25. The van der Waals surface area contributed by atoms with Crippen LogP contribution in [0, 0.1) is 18.7 Å². The summed E-state index contributed by atoms with van der Waals surface area (Å²) in [5, 5.41) is 10.1. The van der Waals surface area contributed by atoms with Crippen LogP contribution >= 0.6 is 11.3 Å². The highest BCUT2D eigenvalue weighted by Gasteiger charge is 2.23. The lowest BCUT2D eigenvalue weighted by Gasteiger charge is -2.20. The Hall–Kier alpha value is -2.54. The van der Waals surface area contributed by atoms with Crippen molar-refractivity contribution >= 4 is 23.1 Å². The van der Waals surface area contributed by atoms with E-state index in [9.17, 15) is 9.18 Å². The van der Waals surface area contributed by atoms with Gasteiger partial charge in [0.05, 0.1) is 11.4 Å². The van der Waals surface area contributed by atoms with Gasteiger partial charge in [0.25, 0.3) is 0 Å². The zero-order valence-electron chi connectivity index (χ0n) is 15.1. The largest absolute Gasteiger partial charge is 0.310 e. The first-order chi connectivity index (χ1) is 13.1. The first kappa shape index (κ1) is 17.9. The lowest BCUT2D eigenvalue weighted by molar-refractivity contribution is -0.120. The molecule has 2 aromatic heterocycles. The Morgan fingerprint density at radius 1 is 1.22 bits per heavy atom. The van der Waals surface area contributed by atoms with Gasteiger partial charge in [0.1, 0.15) is 11.6 Å². The Bertz CT molecular complexity index is 941. The molecular formula is C20H21FN4OS. The summed E-state index contributed by atoms with van der Waals surface area (Å²) in [6.45, 7) is 1.89. The van der Waals surface area contributed by atoms with Gasteiger partial charge < -0.3 is 5.32 Å². The average molecular weight is 384 g/mol. The molecule has 0 radical (unpaired) electrons. The van der Waals surface area contributed by atoms with Crippen LogP contribution in [0.3, 0.4) is 0 Å². The zero-order valence-corrected chi connectivity index (χ0v) is 15.9. The summed E-state index contributed by atoms with van der Waals surface area (Å²) in [7, 11) is 0. The molecular weight excluding hydrogens is 363 g/mol. The predicted molar refractivity (Wildman–Crippen MR) is 105 cm³/mol. The Balaban J connectivity index is 1.57. The molecule has 27 heavy (non-hydrogen) atoms. The average Bonchev–Trinajstić information content (AvgIpc) is 3.30. The van der Waals surface area contributed by atoms with Crippen molar-refractivity contribution in [2.75, 3.05) is 5.32 Å². The van der Waals surface area contributed by atoms with E-state index in [0.29, 0.717) is 10.9 Å². The van der Waals surface area contributed by atoms with E-state index in [1.54, 1.807) is 16.8 Å². The number of benzene rings is 1. The number of halogens is 1. The highest BCUT2D eigenvalue weighted by atomic mass is 32.1. The van der Waals surface area contributed by atoms with Crippen LogP contribution in [0.2, 0.25) is 0 Å². The number of rotatable bonds is 4. The van der Waals surface area contributed by atoms with Crippen LogP contribution in [0.1, 0.15) is 37.8 Å². The molecule has 0 bridgehead atoms. The van der Waals surface area contributed by atoms with Crippen molar-refractivity contribution in [3.8, 4) is 16.4 Å². The smallest absolute Gasteiger partial charge is 0.228 e. The van der Waals surface area contributed by atoms with Gasteiger partial charge in [-0.15, -0.1) is 11.3 Å². The number of anilines is 1. The van der Waals surface area contributed by atoms with Crippen LogP contribution < -0.4 is 5.32 Å². The molecule has 1 aliphatic rings. The molecule has 2 heterocycles. The Kier molecular flexibility index (Phi) is 5.03. The van der Waals surface area contributed by atoms with Gasteiger partial charge in [0.15, 0.2) is 0 Å². The molecule has 7 heteroatoms. The highest BCUT2D eigenvalue weighted by molar-refractivity contribution is 7.12. The second kappa shape index (κ2) is 7.60. The highest BCUT2D eigenvalue weighted by Crippen LogP contribution is 2.28. The number of aryl methyl sites for hydroxylation is 1. The van der Waals surface area contributed by atoms with E-state index in [4.69, 9.17) is 0 Å². The molecule has 1 aromatic carbocycles. The SMILES string of the molecule is Cc1cc(NC(=O)C2CCCCC2)n(-c2nc(-c3ccc(F)cc3)cs2)n1. The Labute approximate surface area is 161 Å². The van der Waals surface area contributed by atoms with Crippen molar-refractivity contribution in [3.63, 3.8) is 0 Å². The standard InChI is InChI=1S/C20H21FN4OS/c1-13-11-18(23-19(26)15-5-3-2-4-6-15)25(24-13)20-22-17(12-27-20)14-7-9-16(21)10-8-14/h7-12,15H,2-6H2,1H3,(H,23,26). The van der Waals surface area contributed by atoms with Crippen LogP contribution in [-0.4, -0.2) is 20.7 Å². The number of hydrogen-bond acceptors (Lipinski definition) is 4. The van der Waals surface area contributed by atoms with E-state index in [1.165, 1.54) is 29.9 Å². The van der Waals surface area contributed by atoms with Gasteiger partial charge >= 0.3 is 0 Å². The minimum absolute atomic E-state index is 0.0613. The molecule has 0 aliphatic heterocycles. The van der Waals surface area contributed by atoms with Gasteiger partial charge in [-0.1, -0.05) is 19.3 Å². The minimum atomic E-state index is -0.274. The number of hydrogen-bond donors (Lipinski definition) is 1. The molecule has 0 spiro atoms. The van der Waals surface area contributed by atoms with Crippen molar-refractivity contribution in [1.29, 1.82) is 0 Å². The van der Waals surface area contributed by atoms with Crippen LogP contribution in [0.15, 0.2) is 35.7 Å². The number of carbonyl (C=O) groups is 1. The molecule has 1 saturated carbocycles. The van der Waals surface area contributed by atoms with Crippen LogP contribution in [0.25, 0.3) is 16.4 Å². The summed E-state index contributed by atoms with van der Waals surface area (Å²) in [4.78, 5) is 17.2. The van der Waals surface area contributed by atoms with Gasteiger partial charge in [0.2, 0.25) is 11.0 Å². The molecule has 1 amide bonds. The quantitative estimate of drug-likeness (QED) is 0.691. The normalized spacial score (nSPS) is 15.0. The minimum Gasteiger partial charge on any atom is -0.310 e. The van der Waals surface area contributed by atoms with Gasteiger partial charge in [0, 0.05) is 22.9 Å². The van der Waals surface area contributed by atoms with Crippen molar-refractivity contribution in [1.82, 2.24) is 14.8 Å². The van der Waals surface area contributed by atoms with Crippen molar-refractivity contribution in [3.05, 3.63) is 47.2 Å². The first-order valence-electron chi connectivity index (χ1n) is 9.19. The van der Waals surface area contributed by atoms with Crippen molar-refractivity contribution in [2.24, 2.45) is 5.92 Å². The molecule has 140 valence electrons. The zero-order chi connectivity index (χ0) is 18.8. The Morgan fingerprint density at radius 2 is 1.96 bits per heavy atom. The van der Waals surface area contributed by atoms with E-state index in [0.717, 1.165) is 42.6 Å². The van der Waals surface area contributed by atoms with E-state index in [1.807, 2.05) is 18.4 Å². The summed E-state index contributed by atoms with van der Waals surface area (Å²) >= 11 is 1.44. The van der Waals surface area contributed by atoms with E-state index >= 15 is 0 Å². The monoisotopic (exact) mass is 384 g/mol. The lowest BCUT2D eigenvalue weighted by atomic mass is 9.89. The van der Waals surface area contributed by atoms with Crippen molar-refractivity contribution < 1.29 is 9.18 Å². The maximum atomic E-state index is 13.1. The number of aromatic nitrogens is 3. The van der Waals surface area contributed by atoms with Crippen molar-refractivity contribution in [2.45, 2.75) is 39.0 Å². The number of thiazole rings is 1. The van der Waals surface area contributed by atoms with E-state index in [-0.39, 0.29) is 17.6 Å². The fourth-order valence-electron chi connectivity index (χ4n) is 3.44. The fourth-order valence-corrected chi connectivity index (χ4v) is 4.24. The molecule has 1 fully saturated rings. The number of amides is 1. The summed E-state index contributed by atoms with van der Waals surface area (Å²) in [6, 6.07) is 8.10. The van der Waals surface area contributed by atoms with E-state index in [2.05, 4.69) is 15.4 Å². The molecule has 1 aliphatic carbocycles. The Morgan fingerprint density at radius 3 is 2.70 bits per heavy atom. The summed E-state index contributed by atoms with van der Waals surface area (Å²) in [5.41, 5.74) is 2.41. The van der Waals surface area contributed by atoms with Gasteiger partial charge in [-0.25, -0.2) is 9.37 Å². The molecule has 0 unspecified atom stereocenters. The third kappa shape index (κ3) is 3.93. The van der Waals surface area contributed by atoms with Crippen LogP contribution in [0.5, 0.6) is 0 Å². The summed E-state index contributed by atoms with van der Waals surface area (Å²) < 4.78 is 14.8. The molecule has 0 saturated heterocycles. The topological polar surface area (TPSA) is 59.8 Å². The summed E-state index contributed by atoms with van der Waals surface area (Å²) in [5.74, 6) is 0.507. The van der Waals surface area contributed by atoms with Gasteiger partial charge in [-0.3, -0.25) is 4.79 Å². The maximum Gasteiger partial charge on any atom is 0.228 e. The molecule has 1 N–H and O–H groups in total. The number of nitrogens with one attached hydrogen (secondary N) is 1. The van der Waals surface area contributed by atoms with Crippen LogP contribution in [0.4, 0.5) is 10.2 Å². The van der Waals surface area contributed by atoms with E-state index < -0.39 is 0 Å². The third-order valence-electron chi connectivity index (χ3n) is 4.87. The number of carbonyl (C=O) groups excluding carboxylic acids is 1. The van der Waals surface area contributed by atoms with Gasteiger partial charge in [-0.2, -0.15) is 9.78 Å². The first-order valence-corrected chi connectivity index (χ1v) is 10.1. The predicted octanol–water partition coefficient (Wildman–Crippen LogP) is 4.96. The molecule has 0 atom stereocenters. The fraction of sp³-hybridized carbons (Fsp3) is 0.350. The number of nitrogens with zero attached hydrogens (tertiary/aromatic N) is 3. The maximum absolute atomic E-state index is 13.1. The second-order valence-corrected chi connectivity index (χ2v) is 7.77.